The molecule has 2 nitrogen and oxygen atoms in total. The van der Waals surface area contributed by atoms with Crippen molar-refractivity contribution in [3.63, 3.8) is 0 Å². The quantitative estimate of drug-likeness (QED) is 0.605. The fourth-order valence-corrected chi connectivity index (χ4v) is 3.57. The lowest BCUT2D eigenvalue weighted by Gasteiger charge is -2.09. The summed E-state index contributed by atoms with van der Waals surface area (Å²) in [6, 6.07) is 12.8. The van der Waals surface area contributed by atoms with Gasteiger partial charge in [0.1, 0.15) is 5.01 Å². The summed E-state index contributed by atoms with van der Waals surface area (Å²) in [7, 11) is 0. The summed E-state index contributed by atoms with van der Waals surface area (Å²) >= 11 is 7.68. The van der Waals surface area contributed by atoms with Crippen LogP contribution in [-0.2, 0) is 19.3 Å². The van der Waals surface area contributed by atoms with Gasteiger partial charge in [0.2, 0.25) is 0 Å². The van der Waals surface area contributed by atoms with Gasteiger partial charge >= 0.3 is 6.18 Å². The predicted octanol–water partition coefficient (Wildman–Crippen LogP) is 5.77. The van der Waals surface area contributed by atoms with Gasteiger partial charge in [0.25, 0.3) is 0 Å². The molecule has 7 heteroatoms. The normalized spacial score (nSPS) is 11.7. The van der Waals surface area contributed by atoms with Gasteiger partial charge in [-0.2, -0.15) is 13.2 Å². The molecule has 0 aliphatic rings. The first-order valence-corrected chi connectivity index (χ1v) is 8.69. The second-order valence-electron chi connectivity index (χ2n) is 5.40. The van der Waals surface area contributed by atoms with Crippen LogP contribution >= 0.6 is 22.9 Å². The second kappa shape index (κ2) is 7.56. The number of nitrogens with one attached hydrogen (secondary N) is 1. The Kier molecular flexibility index (Phi) is 5.42. The van der Waals surface area contributed by atoms with Crippen molar-refractivity contribution >= 4 is 22.9 Å². The van der Waals surface area contributed by atoms with Crippen LogP contribution in [-0.4, -0.2) is 4.98 Å². The number of alkyl halides is 3. The van der Waals surface area contributed by atoms with E-state index in [1.165, 1.54) is 17.4 Å². The van der Waals surface area contributed by atoms with Gasteiger partial charge in [-0.3, -0.25) is 0 Å². The van der Waals surface area contributed by atoms with Gasteiger partial charge in [-0.15, -0.1) is 11.3 Å². The van der Waals surface area contributed by atoms with Crippen molar-refractivity contribution in [2.24, 2.45) is 0 Å². The standard InChI is InChI=1S/C18H14ClF3N2S/c19-15-7-2-1-6-14(15)16-10-24-17(25-16)11-23-9-12-4-3-5-13(8-12)18(20,21)22/h1-8,10,23H,9,11H2. The highest BCUT2D eigenvalue weighted by atomic mass is 35.5. The van der Waals surface area contributed by atoms with Crippen LogP contribution in [0.3, 0.4) is 0 Å². The lowest BCUT2D eigenvalue weighted by atomic mass is 10.1. The SMILES string of the molecule is FC(F)(F)c1cccc(CNCc2ncc(-c3ccccc3Cl)s2)c1. The average Bonchev–Trinajstić information content (AvgIpc) is 3.03. The maximum absolute atomic E-state index is 12.7. The van der Waals surface area contributed by atoms with Gasteiger partial charge in [-0.05, 0) is 17.7 Å². The van der Waals surface area contributed by atoms with Crippen LogP contribution in [0.4, 0.5) is 13.2 Å². The first-order valence-electron chi connectivity index (χ1n) is 7.50. The number of thiazole rings is 1. The summed E-state index contributed by atoms with van der Waals surface area (Å²) in [5, 5.41) is 4.63. The summed E-state index contributed by atoms with van der Waals surface area (Å²) in [6.07, 6.45) is -2.57. The van der Waals surface area contributed by atoms with E-state index in [1.54, 1.807) is 12.3 Å². The Bertz CT molecular complexity index is 861. The van der Waals surface area contributed by atoms with Crippen LogP contribution in [0.5, 0.6) is 0 Å². The summed E-state index contributed by atoms with van der Waals surface area (Å²) in [5.74, 6) is 0. The Balaban J connectivity index is 1.61. The highest BCUT2D eigenvalue weighted by molar-refractivity contribution is 7.15. The van der Waals surface area contributed by atoms with Crippen LogP contribution in [0.2, 0.25) is 5.02 Å². The molecule has 0 spiro atoms. The Morgan fingerprint density at radius 2 is 1.84 bits per heavy atom. The Labute approximate surface area is 152 Å². The van der Waals surface area contributed by atoms with Gasteiger partial charge in [0, 0.05) is 29.9 Å². The molecule has 0 atom stereocenters. The van der Waals surface area contributed by atoms with Crippen molar-refractivity contribution in [1.82, 2.24) is 10.3 Å². The summed E-state index contributed by atoms with van der Waals surface area (Å²) < 4.78 is 38.1. The molecule has 1 aromatic heterocycles. The predicted molar refractivity (Wildman–Crippen MR) is 94.5 cm³/mol. The highest BCUT2D eigenvalue weighted by Crippen LogP contribution is 2.32. The summed E-state index contributed by atoms with van der Waals surface area (Å²) in [4.78, 5) is 5.30. The summed E-state index contributed by atoms with van der Waals surface area (Å²) in [5.41, 5.74) is 0.866. The molecule has 0 amide bonds. The number of aromatic nitrogens is 1. The van der Waals surface area contributed by atoms with Crippen LogP contribution in [0.15, 0.2) is 54.7 Å². The van der Waals surface area contributed by atoms with E-state index in [0.29, 0.717) is 23.7 Å². The van der Waals surface area contributed by atoms with E-state index in [0.717, 1.165) is 27.6 Å². The third-order valence-electron chi connectivity index (χ3n) is 3.55. The molecular formula is C18H14ClF3N2S. The molecule has 0 saturated carbocycles. The molecule has 2 aromatic carbocycles. The number of halogens is 4. The van der Waals surface area contributed by atoms with Crippen molar-refractivity contribution in [3.8, 4) is 10.4 Å². The maximum Gasteiger partial charge on any atom is 0.416 e. The fraction of sp³-hybridized carbons (Fsp3) is 0.167. The first kappa shape index (κ1) is 17.9. The topological polar surface area (TPSA) is 24.9 Å². The van der Waals surface area contributed by atoms with E-state index in [2.05, 4.69) is 10.3 Å². The number of hydrogen-bond acceptors (Lipinski definition) is 3. The largest absolute Gasteiger partial charge is 0.416 e. The molecule has 3 rings (SSSR count). The molecule has 0 fully saturated rings. The van der Waals surface area contributed by atoms with E-state index in [9.17, 15) is 13.2 Å². The van der Waals surface area contributed by atoms with E-state index in [4.69, 9.17) is 11.6 Å². The molecule has 0 bridgehead atoms. The third kappa shape index (κ3) is 4.60. The van der Waals surface area contributed by atoms with Crippen molar-refractivity contribution in [2.45, 2.75) is 19.3 Å². The lowest BCUT2D eigenvalue weighted by molar-refractivity contribution is -0.137. The zero-order valence-electron chi connectivity index (χ0n) is 13.0. The van der Waals surface area contributed by atoms with E-state index < -0.39 is 11.7 Å². The molecule has 25 heavy (non-hydrogen) atoms. The summed E-state index contributed by atoms with van der Waals surface area (Å²) in [6.45, 7) is 0.816. The van der Waals surface area contributed by atoms with E-state index >= 15 is 0 Å². The van der Waals surface area contributed by atoms with Crippen molar-refractivity contribution in [2.75, 3.05) is 0 Å². The Morgan fingerprint density at radius 1 is 1.04 bits per heavy atom. The lowest BCUT2D eigenvalue weighted by Crippen LogP contribution is -2.13. The fourth-order valence-electron chi connectivity index (χ4n) is 2.35. The molecule has 0 unspecified atom stereocenters. The van der Waals surface area contributed by atoms with Gasteiger partial charge in [-0.1, -0.05) is 48.0 Å². The maximum atomic E-state index is 12.7. The number of hydrogen-bond donors (Lipinski definition) is 1. The van der Waals surface area contributed by atoms with Crippen molar-refractivity contribution in [1.29, 1.82) is 0 Å². The molecular weight excluding hydrogens is 369 g/mol. The zero-order valence-corrected chi connectivity index (χ0v) is 14.6. The van der Waals surface area contributed by atoms with Crippen LogP contribution in [0, 0.1) is 0 Å². The number of nitrogens with zero attached hydrogens (tertiary/aromatic N) is 1. The van der Waals surface area contributed by atoms with Gasteiger partial charge < -0.3 is 5.32 Å². The minimum absolute atomic E-state index is 0.338. The smallest absolute Gasteiger partial charge is 0.306 e. The molecule has 0 saturated heterocycles. The van der Waals surface area contributed by atoms with E-state index in [-0.39, 0.29) is 0 Å². The molecule has 0 radical (unpaired) electrons. The molecule has 1 heterocycles. The number of rotatable bonds is 5. The molecule has 3 aromatic rings. The van der Waals surface area contributed by atoms with Gasteiger partial charge in [0.05, 0.1) is 10.4 Å². The monoisotopic (exact) mass is 382 g/mol. The van der Waals surface area contributed by atoms with Crippen LogP contribution < -0.4 is 5.32 Å². The minimum Gasteiger partial charge on any atom is -0.306 e. The van der Waals surface area contributed by atoms with Crippen LogP contribution in [0.25, 0.3) is 10.4 Å². The van der Waals surface area contributed by atoms with Gasteiger partial charge in [0.15, 0.2) is 0 Å². The van der Waals surface area contributed by atoms with Crippen LogP contribution in [0.1, 0.15) is 16.1 Å². The molecule has 0 aliphatic carbocycles. The van der Waals surface area contributed by atoms with Crippen molar-refractivity contribution in [3.05, 3.63) is 75.9 Å². The zero-order chi connectivity index (χ0) is 17.9. The van der Waals surface area contributed by atoms with Gasteiger partial charge in [-0.25, -0.2) is 4.98 Å². The molecule has 130 valence electrons. The van der Waals surface area contributed by atoms with E-state index in [1.807, 2.05) is 24.3 Å². The Morgan fingerprint density at radius 3 is 2.60 bits per heavy atom. The van der Waals surface area contributed by atoms with Crippen molar-refractivity contribution < 1.29 is 13.2 Å². The molecule has 0 aliphatic heterocycles. The first-order chi connectivity index (χ1) is 11.9. The minimum atomic E-state index is -4.32. The molecule has 1 N–H and O–H groups in total. The third-order valence-corrected chi connectivity index (χ3v) is 4.91. The highest BCUT2D eigenvalue weighted by Gasteiger charge is 2.30. The number of benzene rings is 2. The average molecular weight is 383 g/mol. The Hall–Kier alpha value is -1.89. The second-order valence-corrected chi connectivity index (χ2v) is 6.92.